The van der Waals surface area contributed by atoms with Crippen LogP contribution in [0.5, 0.6) is 0 Å². The maximum atomic E-state index is 12.4. The SMILES string of the molecule is CC(NC(=O)CCC1CCNC1)C12CC3CC(CC(C3)C1)C2.Cl. The number of amides is 1. The minimum absolute atomic E-state index is 0. The van der Waals surface area contributed by atoms with Crippen LogP contribution < -0.4 is 10.6 Å². The molecule has 1 heterocycles. The van der Waals surface area contributed by atoms with Crippen LogP contribution in [0.15, 0.2) is 0 Å². The fraction of sp³-hybridized carbons (Fsp3) is 0.947. The smallest absolute Gasteiger partial charge is 0.220 e. The summed E-state index contributed by atoms with van der Waals surface area (Å²) in [7, 11) is 0. The van der Waals surface area contributed by atoms with Gasteiger partial charge in [-0.2, -0.15) is 0 Å². The predicted molar refractivity (Wildman–Crippen MR) is 95.7 cm³/mol. The molecule has 5 aliphatic rings. The molecule has 0 spiro atoms. The summed E-state index contributed by atoms with van der Waals surface area (Å²) in [6, 6.07) is 0.384. The molecule has 4 bridgehead atoms. The van der Waals surface area contributed by atoms with Gasteiger partial charge >= 0.3 is 0 Å². The van der Waals surface area contributed by atoms with E-state index in [1.165, 1.54) is 44.9 Å². The van der Waals surface area contributed by atoms with E-state index in [4.69, 9.17) is 0 Å². The number of nitrogens with one attached hydrogen (secondary N) is 2. The van der Waals surface area contributed by atoms with E-state index in [2.05, 4.69) is 17.6 Å². The van der Waals surface area contributed by atoms with E-state index in [1.807, 2.05) is 0 Å². The van der Waals surface area contributed by atoms with Gasteiger partial charge < -0.3 is 10.6 Å². The molecule has 0 aromatic carbocycles. The molecule has 2 unspecified atom stereocenters. The van der Waals surface area contributed by atoms with Gasteiger partial charge in [0, 0.05) is 12.5 Å². The Kier molecular flexibility index (Phi) is 5.27. The van der Waals surface area contributed by atoms with E-state index in [9.17, 15) is 4.79 Å². The van der Waals surface area contributed by atoms with Gasteiger partial charge in [-0.1, -0.05) is 0 Å². The lowest BCUT2D eigenvalue weighted by Crippen LogP contribution is -2.55. The zero-order chi connectivity index (χ0) is 15.2. The van der Waals surface area contributed by atoms with Crippen molar-refractivity contribution in [2.24, 2.45) is 29.1 Å². The number of rotatable bonds is 5. The summed E-state index contributed by atoms with van der Waals surface area (Å²) in [6.07, 6.45) is 11.6. The van der Waals surface area contributed by atoms with Crippen molar-refractivity contribution in [1.29, 1.82) is 0 Å². The summed E-state index contributed by atoms with van der Waals surface area (Å²) >= 11 is 0. The van der Waals surface area contributed by atoms with Gasteiger partial charge in [0.05, 0.1) is 0 Å². The molecule has 4 saturated carbocycles. The van der Waals surface area contributed by atoms with Gasteiger partial charge in [0.1, 0.15) is 0 Å². The molecule has 2 N–H and O–H groups in total. The van der Waals surface area contributed by atoms with Crippen LogP contribution in [0, 0.1) is 29.1 Å². The standard InChI is InChI=1S/C19H32N2O.ClH/c1-13(21-18(22)3-2-14-4-5-20-12-14)19-9-15-6-16(10-19)8-17(7-15)11-19;/h13-17,20H,2-12H2,1H3,(H,21,22);1H. The van der Waals surface area contributed by atoms with E-state index >= 15 is 0 Å². The quantitative estimate of drug-likeness (QED) is 0.804. The second kappa shape index (κ2) is 6.92. The van der Waals surface area contributed by atoms with Crippen molar-refractivity contribution in [3.05, 3.63) is 0 Å². The van der Waals surface area contributed by atoms with Crippen molar-refractivity contribution in [3.63, 3.8) is 0 Å². The van der Waals surface area contributed by atoms with Gasteiger partial charge in [0.2, 0.25) is 5.91 Å². The fourth-order valence-electron chi connectivity index (χ4n) is 6.47. The lowest BCUT2D eigenvalue weighted by Gasteiger charge is -2.59. The Morgan fingerprint density at radius 2 is 1.78 bits per heavy atom. The predicted octanol–water partition coefficient (Wildman–Crippen LogP) is 3.52. The van der Waals surface area contributed by atoms with Crippen LogP contribution in [0.2, 0.25) is 0 Å². The first-order chi connectivity index (χ1) is 10.6. The largest absolute Gasteiger partial charge is 0.353 e. The molecule has 5 rings (SSSR count). The van der Waals surface area contributed by atoms with Gasteiger partial charge in [-0.15, -0.1) is 12.4 Å². The van der Waals surface area contributed by atoms with Crippen LogP contribution in [-0.2, 0) is 4.79 Å². The first-order valence-corrected chi connectivity index (χ1v) is 9.63. The molecule has 0 radical (unpaired) electrons. The Bertz CT molecular complexity index is 398. The number of carbonyl (C=O) groups excluding carboxylic acids is 1. The van der Waals surface area contributed by atoms with E-state index in [-0.39, 0.29) is 12.4 Å². The second-order valence-electron chi connectivity index (χ2n) is 8.97. The van der Waals surface area contributed by atoms with E-state index in [1.54, 1.807) is 0 Å². The third-order valence-corrected chi connectivity index (χ3v) is 7.32. The van der Waals surface area contributed by atoms with Crippen molar-refractivity contribution < 1.29 is 4.79 Å². The Balaban J connectivity index is 0.00000156. The molecule has 1 aliphatic heterocycles. The molecule has 0 aromatic heterocycles. The summed E-state index contributed by atoms with van der Waals surface area (Å²) in [5.41, 5.74) is 0.444. The number of hydrogen-bond acceptors (Lipinski definition) is 2. The monoisotopic (exact) mass is 340 g/mol. The lowest BCUT2D eigenvalue weighted by atomic mass is 9.48. The molecular formula is C19H33ClN2O. The van der Waals surface area contributed by atoms with Crippen molar-refractivity contribution in [2.45, 2.75) is 70.8 Å². The topological polar surface area (TPSA) is 41.1 Å². The first kappa shape index (κ1) is 17.5. The van der Waals surface area contributed by atoms with Crippen molar-refractivity contribution in [3.8, 4) is 0 Å². The van der Waals surface area contributed by atoms with Crippen molar-refractivity contribution in [2.75, 3.05) is 13.1 Å². The Morgan fingerprint density at radius 3 is 2.30 bits per heavy atom. The van der Waals surface area contributed by atoms with Gasteiger partial charge in [-0.3, -0.25) is 4.79 Å². The minimum atomic E-state index is 0. The Labute approximate surface area is 147 Å². The maximum absolute atomic E-state index is 12.4. The molecule has 3 nitrogen and oxygen atoms in total. The molecule has 5 fully saturated rings. The fourth-order valence-corrected chi connectivity index (χ4v) is 6.47. The molecular weight excluding hydrogens is 308 g/mol. The van der Waals surface area contributed by atoms with Crippen molar-refractivity contribution >= 4 is 18.3 Å². The summed E-state index contributed by atoms with van der Waals surface area (Å²) < 4.78 is 0. The van der Waals surface area contributed by atoms with E-state index in [0.717, 1.165) is 49.6 Å². The van der Waals surface area contributed by atoms with Crippen LogP contribution in [0.1, 0.15) is 64.7 Å². The Hall–Kier alpha value is -0.280. The molecule has 0 aromatic rings. The van der Waals surface area contributed by atoms with Gasteiger partial charge in [-0.05, 0) is 100 Å². The number of hydrogen-bond donors (Lipinski definition) is 2. The molecule has 1 amide bonds. The van der Waals surface area contributed by atoms with Gasteiger partial charge in [-0.25, -0.2) is 0 Å². The zero-order valence-electron chi connectivity index (χ0n) is 14.5. The molecule has 23 heavy (non-hydrogen) atoms. The average molecular weight is 341 g/mol. The lowest BCUT2D eigenvalue weighted by molar-refractivity contribution is -0.126. The summed E-state index contributed by atoms with van der Waals surface area (Å²) in [6.45, 7) is 4.54. The minimum Gasteiger partial charge on any atom is -0.353 e. The third-order valence-electron chi connectivity index (χ3n) is 7.32. The average Bonchev–Trinajstić information content (AvgIpc) is 2.97. The Morgan fingerprint density at radius 1 is 1.17 bits per heavy atom. The molecule has 2 atom stereocenters. The summed E-state index contributed by atoms with van der Waals surface area (Å²) in [5, 5.41) is 6.80. The van der Waals surface area contributed by atoms with E-state index < -0.39 is 0 Å². The molecule has 4 heteroatoms. The van der Waals surface area contributed by atoms with Crippen LogP contribution in [0.3, 0.4) is 0 Å². The molecule has 4 aliphatic carbocycles. The highest BCUT2D eigenvalue weighted by atomic mass is 35.5. The maximum Gasteiger partial charge on any atom is 0.220 e. The number of halogens is 1. The molecule has 132 valence electrons. The van der Waals surface area contributed by atoms with Crippen LogP contribution in [0.4, 0.5) is 0 Å². The molecule has 1 saturated heterocycles. The second-order valence-corrected chi connectivity index (χ2v) is 8.97. The van der Waals surface area contributed by atoms with Crippen LogP contribution >= 0.6 is 12.4 Å². The highest BCUT2D eigenvalue weighted by Gasteiger charge is 2.53. The van der Waals surface area contributed by atoms with E-state index in [0.29, 0.717) is 17.4 Å². The highest BCUT2D eigenvalue weighted by molar-refractivity contribution is 5.85. The van der Waals surface area contributed by atoms with Gasteiger partial charge in [0.25, 0.3) is 0 Å². The normalized spacial score (nSPS) is 42.3. The third kappa shape index (κ3) is 3.56. The first-order valence-electron chi connectivity index (χ1n) is 9.63. The zero-order valence-corrected chi connectivity index (χ0v) is 15.3. The number of carbonyl (C=O) groups is 1. The summed E-state index contributed by atoms with van der Waals surface area (Å²) in [4.78, 5) is 12.4. The van der Waals surface area contributed by atoms with Crippen LogP contribution in [0.25, 0.3) is 0 Å². The van der Waals surface area contributed by atoms with Crippen LogP contribution in [-0.4, -0.2) is 25.0 Å². The summed E-state index contributed by atoms with van der Waals surface area (Å²) in [5.74, 6) is 3.93. The highest BCUT2D eigenvalue weighted by Crippen LogP contribution is 2.61. The van der Waals surface area contributed by atoms with Gasteiger partial charge in [0.15, 0.2) is 0 Å². The van der Waals surface area contributed by atoms with Crippen molar-refractivity contribution in [1.82, 2.24) is 10.6 Å².